The van der Waals surface area contributed by atoms with Crippen molar-refractivity contribution in [2.45, 2.75) is 44.5 Å². The van der Waals surface area contributed by atoms with Crippen LogP contribution in [0.25, 0.3) is 10.9 Å². The van der Waals surface area contributed by atoms with Crippen molar-refractivity contribution < 1.29 is 9.53 Å². The third-order valence-corrected chi connectivity index (χ3v) is 6.01. The van der Waals surface area contributed by atoms with E-state index >= 15 is 0 Å². The number of amides is 1. The van der Waals surface area contributed by atoms with E-state index in [1.165, 1.54) is 11.8 Å². The highest BCUT2D eigenvalue weighted by atomic mass is 35.5. The largest absolute Gasteiger partial charge is 0.379 e. The number of nitrogens with one attached hydrogen (secondary N) is 1. The van der Waals surface area contributed by atoms with Crippen molar-refractivity contribution in [2.24, 2.45) is 0 Å². The number of nitrogens with zero attached hydrogens (tertiary/aromatic N) is 2. The number of fused-ring (bicyclic) bond motifs is 1. The topological polar surface area (TPSA) is 73.2 Å². The average Bonchev–Trinajstić information content (AvgIpc) is 2.78. The molecule has 0 fully saturated rings. The van der Waals surface area contributed by atoms with Gasteiger partial charge in [-0.3, -0.25) is 14.2 Å². The highest BCUT2D eigenvalue weighted by Gasteiger charge is 2.13. The van der Waals surface area contributed by atoms with E-state index in [2.05, 4.69) is 10.3 Å². The number of para-hydroxylation sites is 1. The summed E-state index contributed by atoms with van der Waals surface area (Å²) in [7, 11) is 0. The van der Waals surface area contributed by atoms with Gasteiger partial charge in [0.25, 0.3) is 5.56 Å². The second kappa shape index (κ2) is 12.0. The van der Waals surface area contributed by atoms with E-state index in [0.29, 0.717) is 47.2 Å². The van der Waals surface area contributed by atoms with Gasteiger partial charge in [0, 0.05) is 24.7 Å². The molecule has 32 heavy (non-hydrogen) atoms. The zero-order chi connectivity index (χ0) is 22.9. The maximum atomic E-state index is 13.0. The molecule has 0 aliphatic heterocycles. The summed E-state index contributed by atoms with van der Waals surface area (Å²) in [5.74, 6) is 0.0921. The number of rotatable bonds is 11. The third kappa shape index (κ3) is 7.08. The van der Waals surface area contributed by atoms with Crippen LogP contribution in [0.1, 0.15) is 25.8 Å². The van der Waals surface area contributed by atoms with Gasteiger partial charge in [-0.15, -0.1) is 0 Å². The Labute approximate surface area is 197 Å². The zero-order valence-electron chi connectivity index (χ0n) is 18.3. The molecule has 0 unspecified atom stereocenters. The molecule has 2 aromatic carbocycles. The van der Waals surface area contributed by atoms with Crippen molar-refractivity contribution >= 4 is 40.2 Å². The number of hydrogen-bond acceptors (Lipinski definition) is 5. The van der Waals surface area contributed by atoms with E-state index in [4.69, 9.17) is 16.3 Å². The smallest absolute Gasteiger partial charge is 0.262 e. The molecule has 1 amide bonds. The van der Waals surface area contributed by atoms with Gasteiger partial charge in [0.1, 0.15) is 0 Å². The molecule has 6 nitrogen and oxygen atoms in total. The summed E-state index contributed by atoms with van der Waals surface area (Å²) in [6.07, 6.45) is 1.56. The van der Waals surface area contributed by atoms with Crippen molar-refractivity contribution in [1.29, 1.82) is 0 Å². The molecule has 3 aromatic rings. The average molecular weight is 474 g/mol. The van der Waals surface area contributed by atoms with Crippen molar-refractivity contribution in [1.82, 2.24) is 14.9 Å². The lowest BCUT2D eigenvalue weighted by Crippen LogP contribution is -2.28. The van der Waals surface area contributed by atoms with Crippen molar-refractivity contribution in [3.63, 3.8) is 0 Å². The number of carbonyl (C=O) groups is 1. The van der Waals surface area contributed by atoms with Crippen LogP contribution in [0.5, 0.6) is 0 Å². The minimum atomic E-state index is -0.0962. The van der Waals surface area contributed by atoms with Gasteiger partial charge >= 0.3 is 0 Å². The molecular weight excluding hydrogens is 446 g/mol. The molecule has 0 saturated carbocycles. The van der Waals surface area contributed by atoms with E-state index in [9.17, 15) is 9.59 Å². The van der Waals surface area contributed by atoms with Crippen LogP contribution in [-0.4, -0.2) is 40.5 Å². The summed E-state index contributed by atoms with van der Waals surface area (Å²) in [5, 5.41) is 4.74. The molecule has 0 radical (unpaired) electrons. The van der Waals surface area contributed by atoms with E-state index < -0.39 is 0 Å². The maximum absolute atomic E-state index is 13.0. The summed E-state index contributed by atoms with van der Waals surface area (Å²) in [4.78, 5) is 30.1. The Hall–Kier alpha value is -2.35. The second-order valence-corrected chi connectivity index (χ2v) is 9.04. The number of halogens is 1. The van der Waals surface area contributed by atoms with Crippen LogP contribution in [-0.2, 0) is 22.5 Å². The Morgan fingerprint density at radius 2 is 1.94 bits per heavy atom. The van der Waals surface area contributed by atoms with Gasteiger partial charge in [-0.1, -0.05) is 47.6 Å². The molecule has 0 aliphatic rings. The molecule has 1 aromatic heterocycles. The number of ether oxygens (including phenoxy) is 1. The lowest BCUT2D eigenvalue weighted by molar-refractivity contribution is -0.118. The van der Waals surface area contributed by atoms with Gasteiger partial charge in [-0.05, 0) is 56.5 Å². The fraction of sp³-hybridized carbons (Fsp3) is 0.375. The molecule has 1 N–H and O–H groups in total. The monoisotopic (exact) mass is 473 g/mol. The number of hydrogen-bond donors (Lipinski definition) is 1. The lowest BCUT2D eigenvalue weighted by atomic mass is 10.1. The van der Waals surface area contributed by atoms with E-state index in [-0.39, 0.29) is 23.3 Å². The molecule has 0 bridgehead atoms. The standard InChI is InChI=1S/C24H28ClN3O3S/c1-17(2)31-15-5-14-28-23(30)20-6-3-4-7-21(20)27-24(28)32-16-22(29)26-13-12-18-8-10-19(25)11-9-18/h3-4,6-11,17H,5,12-16H2,1-2H3,(H,26,29). The number of aromatic nitrogens is 2. The van der Waals surface area contributed by atoms with Gasteiger partial charge < -0.3 is 10.1 Å². The quantitative estimate of drug-likeness (QED) is 0.255. The second-order valence-electron chi connectivity index (χ2n) is 7.66. The Bertz CT molecular complexity index is 1100. The fourth-order valence-electron chi connectivity index (χ4n) is 3.18. The summed E-state index contributed by atoms with van der Waals surface area (Å²) in [6, 6.07) is 14.9. The fourth-order valence-corrected chi connectivity index (χ4v) is 4.16. The van der Waals surface area contributed by atoms with Crippen LogP contribution < -0.4 is 10.9 Å². The minimum Gasteiger partial charge on any atom is -0.379 e. The summed E-state index contributed by atoms with van der Waals surface area (Å²) in [5.41, 5.74) is 1.65. The van der Waals surface area contributed by atoms with Crippen LogP contribution in [0.2, 0.25) is 5.02 Å². The van der Waals surface area contributed by atoms with Crippen LogP contribution >= 0.6 is 23.4 Å². The van der Waals surface area contributed by atoms with E-state index in [1.54, 1.807) is 10.6 Å². The van der Waals surface area contributed by atoms with Gasteiger partial charge in [-0.25, -0.2) is 4.98 Å². The molecular formula is C24H28ClN3O3S. The molecule has 0 spiro atoms. The Balaban J connectivity index is 1.62. The summed E-state index contributed by atoms with van der Waals surface area (Å²) >= 11 is 7.18. The Morgan fingerprint density at radius 1 is 1.19 bits per heavy atom. The zero-order valence-corrected chi connectivity index (χ0v) is 19.9. The SMILES string of the molecule is CC(C)OCCCn1c(SCC(=O)NCCc2ccc(Cl)cc2)nc2ccccc2c1=O. The Kier molecular flexibility index (Phi) is 9.14. The van der Waals surface area contributed by atoms with E-state index in [0.717, 1.165) is 12.0 Å². The van der Waals surface area contributed by atoms with Gasteiger partial charge in [0.2, 0.25) is 5.91 Å². The first-order chi connectivity index (χ1) is 15.4. The molecule has 3 rings (SSSR count). The van der Waals surface area contributed by atoms with Crippen LogP contribution in [0.15, 0.2) is 58.5 Å². The van der Waals surface area contributed by atoms with Crippen LogP contribution in [0.4, 0.5) is 0 Å². The molecule has 170 valence electrons. The van der Waals surface area contributed by atoms with Crippen LogP contribution in [0.3, 0.4) is 0 Å². The molecule has 0 atom stereocenters. The minimum absolute atomic E-state index is 0.0919. The summed E-state index contributed by atoms with van der Waals surface area (Å²) in [6.45, 7) is 5.55. The number of benzene rings is 2. The molecule has 0 saturated heterocycles. The highest BCUT2D eigenvalue weighted by molar-refractivity contribution is 7.99. The first-order valence-electron chi connectivity index (χ1n) is 10.7. The van der Waals surface area contributed by atoms with Crippen LogP contribution in [0, 0.1) is 0 Å². The lowest BCUT2D eigenvalue weighted by Gasteiger charge is -2.14. The van der Waals surface area contributed by atoms with Crippen molar-refractivity contribution in [3.05, 3.63) is 69.5 Å². The predicted octanol–water partition coefficient (Wildman–Crippen LogP) is 4.32. The van der Waals surface area contributed by atoms with Crippen molar-refractivity contribution in [2.75, 3.05) is 18.9 Å². The third-order valence-electron chi connectivity index (χ3n) is 4.79. The molecule has 8 heteroatoms. The first kappa shape index (κ1) is 24.3. The molecule has 1 heterocycles. The first-order valence-corrected chi connectivity index (χ1v) is 12.1. The Morgan fingerprint density at radius 3 is 2.69 bits per heavy atom. The number of thioether (sulfide) groups is 1. The number of carbonyl (C=O) groups excluding carboxylic acids is 1. The normalized spacial score (nSPS) is 11.2. The summed E-state index contributed by atoms with van der Waals surface area (Å²) < 4.78 is 7.25. The van der Waals surface area contributed by atoms with Gasteiger partial charge in [-0.2, -0.15) is 0 Å². The van der Waals surface area contributed by atoms with E-state index in [1.807, 2.05) is 56.3 Å². The highest BCUT2D eigenvalue weighted by Crippen LogP contribution is 2.18. The van der Waals surface area contributed by atoms with Gasteiger partial charge in [0.15, 0.2) is 5.16 Å². The molecule has 0 aliphatic carbocycles. The van der Waals surface area contributed by atoms with Gasteiger partial charge in [0.05, 0.1) is 22.8 Å². The maximum Gasteiger partial charge on any atom is 0.262 e. The predicted molar refractivity (Wildman–Crippen MR) is 131 cm³/mol. The van der Waals surface area contributed by atoms with Crippen molar-refractivity contribution in [3.8, 4) is 0 Å².